The van der Waals surface area contributed by atoms with Gasteiger partial charge in [0, 0.05) is 13.2 Å². The van der Waals surface area contributed by atoms with Gasteiger partial charge in [-0.3, -0.25) is 4.68 Å². The molecule has 2 N–H and O–H groups in total. The number of aryl methyl sites for hydroxylation is 1. The lowest BCUT2D eigenvalue weighted by molar-refractivity contribution is 0.678. The number of fused-ring (bicyclic) bond motifs is 1. The van der Waals surface area contributed by atoms with Crippen molar-refractivity contribution in [3.05, 3.63) is 41.2 Å². The normalized spacial score (nSPS) is 11.2. The van der Waals surface area contributed by atoms with Gasteiger partial charge in [0.1, 0.15) is 0 Å². The zero-order chi connectivity index (χ0) is 12.7. The van der Waals surface area contributed by atoms with Crippen molar-refractivity contribution in [2.75, 3.05) is 5.73 Å². The van der Waals surface area contributed by atoms with Crippen molar-refractivity contribution in [3.63, 3.8) is 0 Å². The van der Waals surface area contributed by atoms with Gasteiger partial charge < -0.3 is 10.3 Å². The zero-order valence-electron chi connectivity index (χ0n) is 9.84. The first-order chi connectivity index (χ1) is 8.66. The van der Waals surface area contributed by atoms with Crippen LogP contribution in [0.3, 0.4) is 0 Å². The molecule has 0 aliphatic carbocycles. The quantitative estimate of drug-likeness (QED) is 0.768. The van der Waals surface area contributed by atoms with Crippen LogP contribution < -0.4 is 5.73 Å². The number of aromatic nitrogens is 4. The molecule has 2 aromatic heterocycles. The number of hydrogen-bond acceptors (Lipinski definition) is 3. The molecular formula is C12H12ClN5. The van der Waals surface area contributed by atoms with Crippen molar-refractivity contribution in [3.8, 4) is 0 Å². The minimum Gasteiger partial charge on any atom is -0.369 e. The number of para-hydroxylation sites is 1. The van der Waals surface area contributed by atoms with Crippen molar-refractivity contribution in [2.24, 2.45) is 7.05 Å². The van der Waals surface area contributed by atoms with E-state index in [4.69, 9.17) is 17.3 Å². The molecule has 3 aromatic rings. The molecule has 0 unspecified atom stereocenters. The highest BCUT2D eigenvalue weighted by molar-refractivity contribution is 6.35. The molecular weight excluding hydrogens is 250 g/mol. The summed E-state index contributed by atoms with van der Waals surface area (Å²) in [5, 5.41) is 4.79. The fourth-order valence-electron chi connectivity index (χ4n) is 2.04. The fraction of sp³-hybridized carbons (Fsp3) is 0.167. The summed E-state index contributed by atoms with van der Waals surface area (Å²) >= 11 is 6.22. The van der Waals surface area contributed by atoms with Crippen molar-refractivity contribution < 1.29 is 0 Å². The number of imidazole rings is 1. The van der Waals surface area contributed by atoms with Crippen LogP contribution in [0.2, 0.25) is 5.02 Å². The molecule has 0 radical (unpaired) electrons. The lowest BCUT2D eigenvalue weighted by Crippen LogP contribution is -2.08. The number of benzene rings is 1. The van der Waals surface area contributed by atoms with E-state index in [9.17, 15) is 0 Å². The maximum Gasteiger partial charge on any atom is 0.201 e. The predicted molar refractivity (Wildman–Crippen MR) is 71.5 cm³/mol. The first-order valence-electron chi connectivity index (χ1n) is 5.54. The Hall–Kier alpha value is -2.01. The molecule has 0 atom stereocenters. The molecule has 6 heteroatoms. The van der Waals surface area contributed by atoms with Crippen LogP contribution in [0, 0.1) is 0 Å². The number of nitrogens with two attached hydrogens (primary N) is 1. The maximum atomic E-state index is 6.22. The van der Waals surface area contributed by atoms with E-state index in [0.717, 1.165) is 16.7 Å². The van der Waals surface area contributed by atoms with Crippen LogP contribution in [0.25, 0.3) is 11.0 Å². The van der Waals surface area contributed by atoms with Gasteiger partial charge in [-0.25, -0.2) is 4.98 Å². The molecule has 0 spiro atoms. The summed E-state index contributed by atoms with van der Waals surface area (Å²) in [6.07, 6.45) is 1.76. The predicted octanol–water partition coefficient (Wildman–Crippen LogP) is 2.05. The van der Waals surface area contributed by atoms with Crippen molar-refractivity contribution in [2.45, 2.75) is 6.54 Å². The van der Waals surface area contributed by atoms with Crippen LogP contribution in [0.15, 0.2) is 30.5 Å². The molecule has 0 fully saturated rings. The van der Waals surface area contributed by atoms with Gasteiger partial charge in [-0.2, -0.15) is 5.10 Å². The van der Waals surface area contributed by atoms with Gasteiger partial charge in [-0.05, 0) is 18.2 Å². The number of rotatable bonds is 2. The Kier molecular flexibility index (Phi) is 2.48. The van der Waals surface area contributed by atoms with E-state index in [1.54, 1.807) is 6.20 Å². The van der Waals surface area contributed by atoms with Gasteiger partial charge in [-0.1, -0.05) is 17.7 Å². The van der Waals surface area contributed by atoms with Gasteiger partial charge >= 0.3 is 0 Å². The summed E-state index contributed by atoms with van der Waals surface area (Å²) in [5.74, 6) is 0.458. The first kappa shape index (κ1) is 11.1. The number of nitrogens with zero attached hydrogens (tertiary/aromatic N) is 4. The average Bonchev–Trinajstić information content (AvgIpc) is 2.86. The molecule has 3 rings (SSSR count). The molecule has 5 nitrogen and oxygen atoms in total. The highest BCUT2D eigenvalue weighted by Crippen LogP contribution is 2.26. The third-order valence-electron chi connectivity index (χ3n) is 2.99. The van der Waals surface area contributed by atoms with Gasteiger partial charge in [0.2, 0.25) is 5.95 Å². The lowest BCUT2D eigenvalue weighted by atomic mass is 10.3. The van der Waals surface area contributed by atoms with Gasteiger partial charge in [0.05, 0.1) is 28.3 Å². The highest BCUT2D eigenvalue weighted by atomic mass is 35.5. The van der Waals surface area contributed by atoms with Crippen LogP contribution in [-0.2, 0) is 13.6 Å². The fourth-order valence-corrected chi connectivity index (χ4v) is 2.31. The van der Waals surface area contributed by atoms with Crippen LogP contribution >= 0.6 is 11.6 Å². The Labute approximate surface area is 109 Å². The van der Waals surface area contributed by atoms with Gasteiger partial charge in [0.15, 0.2) is 0 Å². The van der Waals surface area contributed by atoms with Crippen LogP contribution in [0.5, 0.6) is 0 Å². The van der Waals surface area contributed by atoms with E-state index >= 15 is 0 Å². The van der Waals surface area contributed by atoms with Crippen LogP contribution in [-0.4, -0.2) is 19.3 Å². The standard InChI is InChI=1S/C12H12ClN5/c1-17-8(5-6-15-17)7-18-11-9(13)3-2-4-10(11)16-12(18)14/h2-6H,7H2,1H3,(H2,14,16). The number of nitrogen functional groups attached to an aromatic ring is 1. The minimum absolute atomic E-state index is 0.458. The second kappa shape index (κ2) is 4.03. The van der Waals surface area contributed by atoms with E-state index in [1.165, 1.54) is 0 Å². The molecule has 0 saturated carbocycles. The third-order valence-corrected chi connectivity index (χ3v) is 3.29. The van der Waals surface area contributed by atoms with Crippen LogP contribution in [0.4, 0.5) is 5.95 Å². The summed E-state index contributed by atoms with van der Waals surface area (Å²) in [6, 6.07) is 7.55. The zero-order valence-corrected chi connectivity index (χ0v) is 10.6. The number of hydrogen-bond donors (Lipinski definition) is 1. The summed E-state index contributed by atoms with van der Waals surface area (Å²) in [7, 11) is 1.90. The van der Waals surface area contributed by atoms with Crippen LogP contribution in [0.1, 0.15) is 5.69 Å². The van der Waals surface area contributed by atoms with E-state index in [0.29, 0.717) is 17.5 Å². The smallest absolute Gasteiger partial charge is 0.201 e. The summed E-state index contributed by atoms with van der Waals surface area (Å²) in [5.41, 5.74) is 8.66. The molecule has 0 aliphatic rings. The third kappa shape index (κ3) is 1.64. The average molecular weight is 262 g/mol. The molecule has 0 amide bonds. The molecule has 18 heavy (non-hydrogen) atoms. The first-order valence-corrected chi connectivity index (χ1v) is 5.91. The second-order valence-corrected chi connectivity index (χ2v) is 4.52. The Morgan fingerprint density at radius 2 is 2.17 bits per heavy atom. The van der Waals surface area contributed by atoms with Crippen molar-refractivity contribution >= 4 is 28.6 Å². The van der Waals surface area contributed by atoms with E-state index in [1.807, 2.05) is 40.6 Å². The molecule has 2 heterocycles. The van der Waals surface area contributed by atoms with Gasteiger partial charge in [0.25, 0.3) is 0 Å². The van der Waals surface area contributed by atoms with Crippen molar-refractivity contribution in [1.82, 2.24) is 19.3 Å². The largest absolute Gasteiger partial charge is 0.369 e. The lowest BCUT2D eigenvalue weighted by Gasteiger charge is -2.07. The van der Waals surface area contributed by atoms with E-state index in [-0.39, 0.29) is 0 Å². The number of halogens is 1. The Morgan fingerprint density at radius 1 is 1.33 bits per heavy atom. The molecule has 0 aliphatic heterocycles. The minimum atomic E-state index is 0.458. The Morgan fingerprint density at radius 3 is 2.89 bits per heavy atom. The monoisotopic (exact) mass is 261 g/mol. The second-order valence-electron chi connectivity index (χ2n) is 4.11. The van der Waals surface area contributed by atoms with Gasteiger partial charge in [-0.15, -0.1) is 0 Å². The van der Waals surface area contributed by atoms with E-state index in [2.05, 4.69) is 10.1 Å². The maximum absolute atomic E-state index is 6.22. The Bertz CT molecular complexity index is 712. The molecule has 0 saturated heterocycles. The highest BCUT2D eigenvalue weighted by Gasteiger charge is 2.12. The topological polar surface area (TPSA) is 61.7 Å². The SMILES string of the molecule is Cn1nccc1Cn1c(N)nc2cccc(Cl)c21. The van der Waals surface area contributed by atoms with Crippen molar-refractivity contribution in [1.29, 1.82) is 0 Å². The molecule has 92 valence electrons. The Balaban J connectivity index is 2.17. The summed E-state index contributed by atoms with van der Waals surface area (Å²) in [6.45, 7) is 0.600. The summed E-state index contributed by atoms with van der Waals surface area (Å²) in [4.78, 5) is 4.31. The molecule has 1 aromatic carbocycles. The van der Waals surface area contributed by atoms with E-state index < -0.39 is 0 Å². The summed E-state index contributed by atoms with van der Waals surface area (Å²) < 4.78 is 3.71. The molecule has 0 bridgehead atoms. The number of anilines is 1.